The van der Waals surface area contributed by atoms with Gasteiger partial charge in [-0.1, -0.05) is 0 Å². The molecule has 1 N–H and O–H groups in total. The molecule has 0 radical (unpaired) electrons. The van der Waals surface area contributed by atoms with Crippen LogP contribution in [0.15, 0.2) is 17.8 Å². The molecular formula is C16H19FN4OS. The molecule has 0 bridgehead atoms. The zero-order valence-corrected chi connectivity index (χ0v) is 13.6. The lowest BCUT2D eigenvalue weighted by atomic mass is 9.93. The van der Waals surface area contributed by atoms with Crippen molar-refractivity contribution in [3.05, 3.63) is 17.8 Å². The van der Waals surface area contributed by atoms with Gasteiger partial charge in [-0.25, -0.2) is 14.4 Å². The highest BCUT2D eigenvalue weighted by Crippen LogP contribution is 2.33. The maximum atomic E-state index is 14.9. The lowest BCUT2D eigenvalue weighted by molar-refractivity contribution is -0.123. The van der Waals surface area contributed by atoms with Gasteiger partial charge in [-0.05, 0) is 24.3 Å². The molecule has 3 heterocycles. The SMILES string of the molecule is O=C(NCC1(F)CCN(c2ncnc3sccc23)CC1)C1CC1. The minimum atomic E-state index is -1.30. The summed E-state index contributed by atoms with van der Waals surface area (Å²) in [5, 5.41) is 5.81. The average Bonchev–Trinajstić information content (AvgIpc) is 3.30. The number of nitrogens with one attached hydrogen (secondary N) is 1. The quantitative estimate of drug-likeness (QED) is 0.933. The van der Waals surface area contributed by atoms with Gasteiger partial charge in [-0.2, -0.15) is 0 Å². The minimum absolute atomic E-state index is 0.0141. The van der Waals surface area contributed by atoms with Gasteiger partial charge in [0.15, 0.2) is 0 Å². The van der Waals surface area contributed by atoms with Crippen LogP contribution in [0.2, 0.25) is 0 Å². The molecule has 1 aliphatic heterocycles. The molecule has 5 nitrogen and oxygen atoms in total. The van der Waals surface area contributed by atoms with Gasteiger partial charge in [0.1, 0.15) is 22.6 Å². The molecule has 2 aromatic heterocycles. The number of thiophene rings is 1. The van der Waals surface area contributed by atoms with Crippen molar-refractivity contribution in [1.29, 1.82) is 0 Å². The molecule has 0 atom stereocenters. The zero-order valence-electron chi connectivity index (χ0n) is 12.8. The van der Waals surface area contributed by atoms with Crippen LogP contribution < -0.4 is 10.2 Å². The molecule has 2 fully saturated rings. The highest BCUT2D eigenvalue weighted by molar-refractivity contribution is 7.16. The Labute approximate surface area is 137 Å². The number of carbonyl (C=O) groups excluding carboxylic acids is 1. The van der Waals surface area contributed by atoms with E-state index in [1.54, 1.807) is 17.7 Å². The van der Waals surface area contributed by atoms with Crippen LogP contribution in [0.1, 0.15) is 25.7 Å². The molecule has 4 rings (SSSR count). The Balaban J connectivity index is 1.40. The van der Waals surface area contributed by atoms with Crippen LogP contribution in [-0.2, 0) is 4.79 Å². The number of hydrogen-bond donors (Lipinski definition) is 1. The van der Waals surface area contributed by atoms with Gasteiger partial charge in [0.2, 0.25) is 5.91 Å². The molecule has 0 unspecified atom stereocenters. The van der Waals surface area contributed by atoms with Crippen molar-refractivity contribution >= 4 is 33.3 Å². The smallest absolute Gasteiger partial charge is 0.223 e. The zero-order chi connectivity index (χ0) is 15.9. The van der Waals surface area contributed by atoms with Crippen molar-refractivity contribution in [3.63, 3.8) is 0 Å². The van der Waals surface area contributed by atoms with Crippen molar-refractivity contribution in [2.75, 3.05) is 24.5 Å². The summed E-state index contributed by atoms with van der Waals surface area (Å²) in [5.74, 6) is 1.03. The van der Waals surface area contributed by atoms with E-state index in [9.17, 15) is 9.18 Å². The lowest BCUT2D eigenvalue weighted by Crippen LogP contribution is -2.48. The fraction of sp³-hybridized carbons (Fsp3) is 0.562. The summed E-state index contributed by atoms with van der Waals surface area (Å²) in [5.41, 5.74) is -1.30. The molecule has 7 heteroatoms. The Morgan fingerprint density at radius 1 is 1.39 bits per heavy atom. The average molecular weight is 334 g/mol. The normalized spacial score (nSPS) is 20.7. The third kappa shape index (κ3) is 3.02. The largest absolute Gasteiger partial charge is 0.356 e. The summed E-state index contributed by atoms with van der Waals surface area (Å²) >= 11 is 1.59. The van der Waals surface area contributed by atoms with Gasteiger partial charge < -0.3 is 10.2 Å². The van der Waals surface area contributed by atoms with E-state index < -0.39 is 5.67 Å². The van der Waals surface area contributed by atoms with Crippen LogP contribution in [-0.4, -0.2) is 41.2 Å². The van der Waals surface area contributed by atoms with Crippen LogP contribution >= 0.6 is 11.3 Å². The van der Waals surface area contributed by atoms with Gasteiger partial charge in [-0.15, -0.1) is 11.3 Å². The van der Waals surface area contributed by atoms with Crippen LogP contribution in [0.4, 0.5) is 10.2 Å². The molecule has 1 saturated carbocycles. The first-order valence-electron chi connectivity index (χ1n) is 8.04. The molecule has 1 aliphatic carbocycles. The molecule has 2 aromatic rings. The number of fused-ring (bicyclic) bond motifs is 1. The highest BCUT2D eigenvalue weighted by atomic mass is 32.1. The third-order valence-electron chi connectivity index (χ3n) is 4.73. The summed E-state index contributed by atoms with van der Waals surface area (Å²) in [4.78, 5) is 23.4. The first-order chi connectivity index (χ1) is 11.1. The number of anilines is 1. The molecule has 23 heavy (non-hydrogen) atoms. The maximum Gasteiger partial charge on any atom is 0.223 e. The predicted molar refractivity (Wildman–Crippen MR) is 88.4 cm³/mol. The van der Waals surface area contributed by atoms with Crippen molar-refractivity contribution < 1.29 is 9.18 Å². The first-order valence-corrected chi connectivity index (χ1v) is 8.92. The van der Waals surface area contributed by atoms with Gasteiger partial charge in [-0.3, -0.25) is 4.79 Å². The van der Waals surface area contributed by atoms with Crippen LogP contribution in [0.25, 0.3) is 10.2 Å². The van der Waals surface area contributed by atoms with E-state index in [0.717, 1.165) is 28.9 Å². The maximum absolute atomic E-state index is 14.9. The Morgan fingerprint density at radius 2 is 2.17 bits per heavy atom. The van der Waals surface area contributed by atoms with Crippen LogP contribution in [0.3, 0.4) is 0 Å². The highest BCUT2D eigenvalue weighted by Gasteiger charge is 2.37. The van der Waals surface area contributed by atoms with Crippen LogP contribution in [0.5, 0.6) is 0 Å². The first kappa shape index (κ1) is 14.8. The number of nitrogens with zero attached hydrogens (tertiary/aromatic N) is 3. The fourth-order valence-corrected chi connectivity index (χ4v) is 3.79. The molecular weight excluding hydrogens is 315 g/mol. The summed E-state index contributed by atoms with van der Waals surface area (Å²) in [6, 6.07) is 2.02. The molecule has 0 spiro atoms. The van der Waals surface area contributed by atoms with Gasteiger partial charge >= 0.3 is 0 Å². The van der Waals surface area contributed by atoms with Gasteiger partial charge in [0.05, 0.1) is 11.9 Å². The number of aromatic nitrogens is 2. The lowest BCUT2D eigenvalue weighted by Gasteiger charge is -2.37. The molecule has 2 aliphatic rings. The van der Waals surface area contributed by atoms with E-state index in [4.69, 9.17) is 0 Å². The molecule has 1 amide bonds. The Hall–Kier alpha value is -1.76. The summed E-state index contributed by atoms with van der Waals surface area (Å²) in [6.45, 7) is 1.35. The predicted octanol–water partition coefficient (Wildman–Crippen LogP) is 2.53. The number of piperidine rings is 1. The molecule has 1 saturated heterocycles. The number of carbonyl (C=O) groups is 1. The van der Waals surface area contributed by atoms with E-state index in [0.29, 0.717) is 25.9 Å². The molecule has 0 aromatic carbocycles. The summed E-state index contributed by atoms with van der Waals surface area (Å²) in [6.07, 6.45) is 4.29. The van der Waals surface area contributed by atoms with E-state index >= 15 is 0 Å². The minimum Gasteiger partial charge on any atom is -0.356 e. The van der Waals surface area contributed by atoms with Gasteiger partial charge in [0.25, 0.3) is 0 Å². The number of amides is 1. The van der Waals surface area contributed by atoms with Crippen molar-refractivity contribution in [2.45, 2.75) is 31.4 Å². The standard InChI is InChI=1S/C16H19FN4OS/c17-16(9-18-14(22)11-1-2-11)4-6-21(7-5-16)13-12-3-8-23-15(12)20-10-19-13/h3,8,10-11H,1-2,4-7,9H2,(H,18,22). The summed E-state index contributed by atoms with van der Waals surface area (Å²) < 4.78 is 14.9. The topological polar surface area (TPSA) is 58.1 Å². The number of halogens is 1. The van der Waals surface area contributed by atoms with Gasteiger partial charge in [0, 0.05) is 31.8 Å². The second-order valence-corrected chi connectivity index (χ2v) is 7.36. The van der Waals surface area contributed by atoms with E-state index in [1.165, 1.54) is 0 Å². The van der Waals surface area contributed by atoms with E-state index in [2.05, 4.69) is 20.2 Å². The Bertz CT molecular complexity index is 722. The Morgan fingerprint density at radius 3 is 2.91 bits per heavy atom. The fourth-order valence-electron chi connectivity index (χ4n) is 3.06. The van der Waals surface area contributed by atoms with Crippen LogP contribution in [0, 0.1) is 5.92 Å². The Kier molecular flexibility index (Phi) is 3.67. The van der Waals surface area contributed by atoms with E-state index in [-0.39, 0.29) is 18.4 Å². The second-order valence-electron chi connectivity index (χ2n) is 6.47. The monoisotopic (exact) mass is 334 g/mol. The number of alkyl halides is 1. The number of rotatable bonds is 4. The van der Waals surface area contributed by atoms with Crippen molar-refractivity contribution in [1.82, 2.24) is 15.3 Å². The number of hydrogen-bond acceptors (Lipinski definition) is 5. The van der Waals surface area contributed by atoms with Crippen molar-refractivity contribution in [3.8, 4) is 0 Å². The van der Waals surface area contributed by atoms with Crippen molar-refractivity contribution in [2.24, 2.45) is 5.92 Å². The summed E-state index contributed by atoms with van der Waals surface area (Å²) in [7, 11) is 0. The second kappa shape index (κ2) is 5.70. The van der Waals surface area contributed by atoms with E-state index in [1.807, 2.05) is 11.4 Å². The third-order valence-corrected chi connectivity index (χ3v) is 5.55. The molecule has 122 valence electrons.